The maximum atomic E-state index is 14.4. The Morgan fingerprint density at radius 2 is 1.58 bits per heavy atom. The van der Waals surface area contributed by atoms with Crippen LogP contribution in [0.1, 0.15) is 18.4 Å². The van der Waals surface area contributed by atoms with Crippen molar-refractivity contribution in [2.75, 3.05) is 43.4 Å². The van der Waals surface area contributed by atoms with Gasteiger partial charge in [-0.05, 0) is 68.4 Å². The van der Waals surface area contributed by atoms with Crippen molar-refractivity contribution in [1.82, 2.24) is 9.47 Å². The number of rotatable bonds is 5. The molecule has 1 fully saturated rings. The first kappa shape index (κ1) is 23.9. The minimum Gasteiger partial charge on any atom is -0.369 e. The Morgan fingerprint density at radius 3 is 2.31 bits per heavy atom. The van der Waals surface area contributed by atoms with Crippen molar-refractivity contribution in [3.05, 3.63) is 105 Å². The number of nitrogens with zero attached hydrogens (tertiary/aromatic N) is 4. The quantitative estimate of drug-likeness (QED) is 0.599. The van der Waals surface area contributed by atoms with E-state index in [1.165, 1.54) is 34.5 Å². The molecule has 186 valence electrons. The fraction of sp³-hybridized carbons (Fsp3) is 0.286. The second kappa shape index (κ2) is 10.5. The molecule has 3 aromatic rings. The van der Waals surface area contributed by atoms with E-state index in [1.807, 2.05) is 24.3 Å². The molecule has 2 aliphatic heterocycles. The number of allylic oxidation sites excluding steroid dienone is 1. The lowest BCUT2D eigenvalue weighted by Gasteiger charge is -2.34. The zero-order valence-electron chi connectivity index (χ0n) is 20.3. The summed E-state index contributed by atoms with van der Waals surface area (Å²) in [6, 6.07) is 15.0. The normalized spacial score (nSPS) is 16.2. The minimum absolute atomic E-state index is 0.164. The Hall–Kier alpha value is -3.78. The SMILES string of the molecule is CN1CCN(c2ccc(NC3=CCCC=c4ccc(=O)n(Cc5c(F)cccc5F)c4=N3)cc2)CC1. The lowest BCUT2D eigenvalue weighted by Crippen LogP contribution is -2.44. The van der Waals surface area contributed by atoms with Crippen LogP contribution in [-0.2, 0) is 6.54 Å². The molecular weight excluding hydrogens is 460 g/mol. The summed E-state index contributed by atoms with van der Waals surface area (Å²) in [5.41, 5.74) is 1.89. The maximum Gasteiger partial charge on any atom is 0.252 e. The summed E-state index contributed by atoms with van der Waals surface area (Å²) in [5.74, 6) is -0.794. The summed E-state index contributed by atoms with van der Waals surface area (Å²) in [4.78, 5) is 22.2. The van der Waals surface area contributed by atoms with Crippen molar-refractivity contribution < 1.29 is 8.78 Å². The molecule has 0 bridgehead atoms. The van der Waals surface area contributed by atoms with Crippen LogP contribution >= 0.6 is 0 Å². The lowest BCUT2D eigenvalue weighted by atomic mass is 10.2. The molecule has 1 aromatic heterocycles. The average Bonchev–Trinajstić information content (AvgIpc) is 2.86. The average molecular weight is 490 g/mol. The van der Waals surface area contributed by atoms with E-state index < -0.39 is 11.6 Å². The molecule has 0 aliphatic carbocycles. The Morgan fingerprint density at radius 1 is 0.889 bits per heavy atom. The number of likely N-dealkylation sites (N-methyl/N-ethyl adjacent to an activating group) is 1. The van der Waals surface area contributed by atoms with E-state index in [0.29, 0.717) is 11.3 Å². The smallest absolute Gasteiger partial charge is 0.252 e. The van der Waals surface area contributed by atoms with E-state index in [0.717, 1.165) is 49.9 Å². The first-order valence-corrected chi connectivity index (χ1v) is 12.2. The summed E-state index contributed by atoms with van der Waals surface area (Å²) in [6.45, 7) is 3.83. The third-order valence-corrected chi connectivity index (χ3v) is 6.67. The molecule has 3 heterocycles. The van der Waals surface area contributed by atoms with Gasteiger partial charge in [0.05, 0.1) is 6.54 Å². The van der Waals surface area contributed by atoms with Gasteiger partial charge >= 0.3 is 0 Å². The molecule has 36 heavy (non-hydrogen) atoms. The van der Waals surface area contributed by atoms with Crippen LogP contribution in [0.2, 0.25) is 0 Å². The highest BCUT2D eigenvalue weighted by atomic mass is 19.1. The van der Waals surface area contributed by atoms with Gasteiger partial charge in [0.25, 0.3) is 5.56 Å². The van der Waals surface area contributed by atoms with Gasteiger partial charge in [-0.25, -0.2) is 13.8 Å². The van der Waals surface area contributed by atoms with Crippen LogP contribution < -0.4 is 26.5 Å². The van der Waals surface area contributed by atoms with Crippen LogP contribution in [-0.4, -0.2) is 42.7 Å². The molecule has 1 saturated heterocycles. The summed E-state index contributed by atoms with van der Waals surface area (Å²) in [7, 11) is 2.14. The minimum atomic E-state index is -0.691. The summed E-state index contributed by atoms with van der Waals surface area (Å²) < 4.78 is 30.1. The fourth-order valence-electron chi connectivity index (χ4n) is 4.53. The highest BCUT2D eigenvalue weighted by molar-refractivity contribution is 5.57. The predicted octanol–water partition coefficient (Wildman–Crippen LogP) is 3.07. The van der Waals surface area contributed by atoms with E-state index in [-0.39, 0.29) is 17.7 Å². The number of aromatic nitrogens is 1. The summed E-state index contributed by atoms with van der Waals surface area (Å²) >= 11 is 0. The van der Waals surface area contributed by atoms with E-state index in [1.54, 1.807) is 6.07 Å². The van der Waals surface area contributed by atoms with Gasteiger partial charge in [-0.1, -0.05) is 12.1 Å². The van der Waals surface area contributed by atoms with Crippen LogP contribution in [0.4, 0.5) is 20.2 Å². The number of hydrogen-bond acceptors (Lipinski definition) is 5. The Bertz CT molecular complexity index is 1430. The van der Waals surface area contributed by atoms with Gasteiger partial charge in [-0.15, -0.1) is 0 Å². The molecule has 0 spiro atoms. The molecule has 0 saturated carbocycles. The molecule has 0 radical (unpaired) electrons. The highest BCUT2D eigenvalue weighted by Gasteiger charge is 2.15. The lowest BCUT2D eigenvalue weighted by molar-refractivity contribution is 0.313. The number of fused-ring (bicyclic) bond motifs is 1. The Kier molecular flexibility index (Phi) is 6.95. The van der Waals surface area contributed by atoms with Crippen molar-refractivity contribution in [1.29, 1.82) is 0 Å². The van der Waals surface area contributed by atoms with Crippen molar-refractivity contribution in [2.24, 2.45) is 4.99 Å². The molecular formula is C28H29F2N5O. The van der Waals surface area contributed by atoms with Crippen LogP contribution in [0.25, 0.3) is 6.08 Å². The number of benzene rings is 2. The number of pyridine rings is 1. The molecule has 0 unspecified atom stereocenters. The van der Waals surface area contributed by atoms with Gasteiger partial charge < -0.3 is 15.1 Å². The Labute approximate surface area is 208 Å². The second-order valence-corrected chi connectivity index (χ2v) is 9.18. The predicted molar refractivity (Wildman–Crippen MR) is 138 cm³/mol. The van der Waals surface area contributed by atoms with Crippen molar-refractivity contribution in [2.45, 2.75) is 19.4 Å². The van der Waals surface area contributed by atoms with Gasteiger partial charge in [0.15, 0.2) is 0 Å². The van der Waals surface area contributed by atoms with Gasteiger partial charge in [-0.2, -0.15) is 0 Å². The zero-order chi connectivity index (χ0) is 25.1. The first-order valence-electron chi connectivity index (χ1n) is 12.2. The van der Waals surface area contributed by atoms with Gasteiger partial charge in [0.1, 0.15) is 22.9 Å². The van der Waals surface area contributed by atoms with Crippen LogP contribution in [0, 0.1) is 11.6 Å². The van der Waals surface area contributed by atoms with Crippen LogP contribution in [0.15, 0.2) is 76.3 Å². The molecule has 0 atom stereocenters. The van der Waals surface area contributed by atoms with E-state index in [9.17, 15) is 13.6 Å². The summed E-state index contributed by atoms with van der Waals surface area (Å²) in [6.07, 6.45) is 5.48. The standard InChI is InChI=1S/C28H29F2N5O/c1-33-15-17-34(18-16-33)22-12-10-21(11-13-22)31-26-8-3-2-5-20-9-14-27(36)35(28(20)32-26)19-23-24(29)6-4-7-25(23)30/h4-14,31H,2-3,15-19H2,1H3. The van der Waals surface area contributed by atoms with Crippen molar-refractivity contribution >= 4 is 17.5 Å². The highest BCUT2D eigenvalue weighted by Crippen LogP contribution is 2.21. The van der Waals surface area contributed by atoms with Crippen LogP contribution in [0.5, 0.6) is 0 Å². The summed E-state index contributed by atoms with van der Waals surface area (Å²) in [5, 5.41) is 4.10. The van der Waals surface area contributed by atoms with Crippen molar-refractivity contribution in [3.63, 3.8) is 0 Å². The first-order chi connectivity index (χ1) is 17.5. The second-order valence-electron chi connectivity index (χ2n) is 9.18. The molecule has 8 heteroatoms. The largest absolute Gasteiger partial charge is 0.369 e. The van der Waals surface area contributed by atoms with Crippen molar-refractivity contribution in [3.8, 4) is 0 Å². The van der Waals surface area contributed by atoms with Crippen LogP contribution in [0.3, 0.4) is 0 Å². The molecule has 5 rings (SSSR count). The molecule has 0 amide bonds. The molecule has 1 N–H and O–H groups in total. The topological polar surface area (TPSA) is 52.9 Å². The number of hydrogen-bond donors (Lipinski definition) is 1. The fourth-order valence-corrected chi connectivity index (χ4v) is 4.53. The number of anilines is 2. The monoisotopic (exact) mass is 489 g/mol. The Balaban J connectivity index is 1.46. The van der Waals surface area contributed by atoms with E-state index in [2.05, 4.69) is 34.3 Å². The molecule has 2 aliphatic rings. The number of piperazine rings is 1. The van der Waals surface area contributed by atoms with E-state index >= 15 is 0 Å². The van der Waals surface area contributed by atoms with E-state index in [4.69, 9.17) is 4.99 Å². The van der Waals surface area contributed by atoms with Gasteiger partial charge in [0.2, 0.25) is 0 Å². The maximum absolute atomic E-state index is 14.4. The third kappa shape index (κ3) is 5.23. The molecule has 6 nitrogen and oxygen atoms in total. The molecule has 2 aromatic carbocycles. The number of nitrogens with one attached hydrogen (secondary N) is 1. The third-order valence-electron chi connectivity index (χ3n) is 6.67. The number of halogens is 2. The van der Waals surface area contributed by atoms with Gasteiger partial charge in [-0.3, -0.25) is 9.36 Å². The zero-order valence-corrected chi connectivity index (χ0v) is 20.3. The van der Waals surface area contributed by atoms with Gasteiger partial charge in [0, 0.05) is 54.4 Å².